The van der Waals surface area contributed by atoms with Gasteiger partial charge in [0.05, 0.1) is 24.1 Å². The molecule has 100 valence electrons. The van der Waals surface area contributed by atoms with Gasteiger partial charge in [0, 0.05) is 18.9 Å². The molecule has 2 rings (SSSR count). The SMILES string of the molecule is CC1CC(Oc2ccc([C@H](C)N)nc2)CC(C)O1. The summed E-state index contributed by atoms with van der Waals surface area (Å²) >= 11 is 0. The lowest BCUT2D eigenvalue weighted by atomic mass is 10.0. The number of pyridine rings is 1. The van der Waals surface area contributed by atoms with E-state index in [9.17, 15) is 0 Å². The van der Waals surface area contributed by atoms with E-state index in [0.717, 1.165) is 24.3 Å². The van der Waals surface area contributed by atoms with Crippen molar-refractivity contribution in [3.8, 4) is 5.75 Å². The van der Waals surface area contributed by atoms with Crippen molar-refractivity contribution < 1.29 is 9.47 Å². The van der Waals surface area contributed by atoms with Crippen molar-refractivity contribution >= 4 is 0 Å². The Morgan fingerprint density at radius 2 is 2.00 bits per heavy atom. The molecule has 0 aromatic carbocycles. The Balaban J connectivity index is 1.96. The Bertz CT molecular complexity index is 368. The number of aromatic nitrogens is 1. The molecule has 1 aliphatic rings. The summed E-state index contributed by atoms with van der Waals surface area (Å²) in [6.45, 7) is 6.09. The number of ether oxygens (including phenoxy) is 2. The van der Waals surface area contributed by atoms with E-state index in [4.69, 9.17) is 15.2 Å². The van der Waals surface area contributed by atoms with Crippen LogP contribution in [0.2, 0.25) is 0 Å². The van der Waals surface area contributed by atoms with Gasteiger partial charge in [0.1, 0.15) is 11.9 Å². The Morgan fingerprint density at radius 1 is 1.33 bits per heavy atom. The number of hydrogen-bond acceptors (Lipinski definition) is 4. The van der Waals surface area contributed by atoms with Crippen LogP contribution in [0, 0.1) is 0 Å². The van der Waals surface area contributed by atoms with Gasteiger partial charge in [0.15, 0.2) is 0 Å². The molecule has 0 aliphatic carbocycles. The fraction of sp³-hybridized carbons (Fsp3) is 0.643. The third kappa shape index (κ3) is 3.43. The van der Waals surface area contributed by atoms with Gasteiger partial charge in [-0.05, 0) is 32.9 Å². The van der Waals surface area contributed by atoms with Crippen LogP contribution >= 0.6 is 0 Å². The predicted molar refractivity (Wildman–Crippen MR) is 70.5 cm³/mol. The summed E-state index contributed by atoms with van der Waals surface area (Å²) in [7, 11) is 0. The molecule has 0 radical (unpaired) electrons. The fourth-order valence-corrected chi connectivity index (χ4v) is 2.36. The molecule has 0 spiro atoms. The fourth-order valence-electron chi connectivity index (χ4n) is 2.36. The van der Waals surface area contributed by atoms with Crippen molar-refractivity contribution in [2.24, 2.45) is 5.73 Å². The molecule has 2 heterocycles. The third-order valence-corrected chi connectivity index (χ3v) is 3.18. The Morgan fingerprint density at radius 3 is 2.50 bits per heavy atom. The van der Waals surface area contributed by atoms with E-state index in [1.807, 2.05) is 19.1 Å². The van der Waals surface area contributed by atoms with Crippen molar-refractivity contribution in [1.29, 1.82) is 0 Å². The smallest absolute Gasteiger partial charge is 0.138 e. The van der Waals surface area contributed by atoms with Gasteiger partial charge in [-0.2, -0.15) is 0 Å². The van der Waals surface area contributed by atoms with Crippen LogP contribution in [0.4, 0.5) is 0 Å². The Labute approximate surface area is 108 Å². The second-order valence-electron chi connectivity index (χ2n) is 5.18. The van der Waals surface area contributed by atoms with Gasteiger partial charge in [-0.15, -0.1) is 0 Å². The molecule has 4 heteroatoms. The molecule has 18 heavy (non-hydrogen) atoms. The normalized spacial score (nSPS) is 29.9. The lowest BCUT2D eigenvalue weighted by Crippen LogP contribution is -2.35. The van der Waals surface area contributed by atoms with E-state index < -0.39 is 0 Å². The summed E-state index contributed by atoms with van der Waals surface area (Å²) < 4.78 is 11.6. The molecular weight excluding hydrogens is 228 g/mol. The van der Waals surface area contributed by atoms with Crippen LogP contribution in [0.5, 0.6) is 5.75 Å². The average Bonchev–Trinajstić information content (AvgIpc) is 2.28. The van der Waals surface area contributed by atoms with Gasteiger partial charge < -0.3 is 15.2 Å². The monoisotopic (exact) mass is 250 g/mol. The van der Waals surface area contributed by atoms with Crippen molar-refractivity contribution in [2.75, 3.05) is 0 Å². The maximum Gasteiger partial charge on any atom is 0.138 e. The van der Waals surface area contributed by atoms with Crippen LogP contribution in [0.15, 0.2) is 18.3 Å². The first-order chi connectivity index (χ1) is 8.54. The van der Waals surface area contributed by atoms with Crippen molar-refractivity contribution in [2.45, 2.75) is 58.0 Å². The highest BCUT2D eigenvalue weighted by Gasteiger charge is 2.25. The number of nitrogens with two attached hydrogens (primary N) is 1. The second-order valence-corrected chi connectivity index (χ2v) is 5.18. The quantitative estimate of drug-likeness (QED) is 0.895. The van der Waals surface area contributed by atoms with Gasteiger partial charge in [-0.25, -0.2) is 0 Å². The maximum absolute atomic E-state index is 5.95. The molecular formula is C14H22N2O2. The Hall–Kier alpha value is -1.13. The van der Waals surface area contributed by atoms with Gasteiger partial charge in [0.25, 0.3) is 0 Å². The summed E-state index contributed by atoms with van der Waals surface area (Å²) in [5, 5.41) is 0. The number of nitrogens with zero attached hydrogens (tertiary/aromatic N) is 1. The van der Waals surface area contributed by atoms with Gasteiger partial charge >= 0.3 is 0 Å². The minimum atomic E-state index is -0.0397. The first-order valence-electron chi connectivity index (χ1n) is 6.58. The summed E-state index contributed by atoms with van der Waals surface area (Å²) in [4.78, 5) is 4.30. The van der Waals surface area contributed by atoms with Crippen LogP contribution in [0.3, 0.4) is 0 Å². The van der Waals surface area contributed by atoms with Crippen molar-refractivity contribution in [1.82, 2.24) is 4.98 Å². The lowest BCUT2D eigenvalue weighted by Gasteiger charge is -2.32. The molecule has 0 bridgehead atoms. The summed E-state index contributed by atoms with van der Waals surface area (Å²) in [6.07, 6.45) is 4.35. The molecule has 1 aromatic rings. The second kappa shape index (κ2) is 5.67. The standard InChI is InChI=1S/C14H22N2O2/c1-9-6-13(7-10(2)17-9)18-12-4-5-14(11(3)15)16-8-12/h4-5,8-11,13H,6-7,15H2,1-3H3/t9?,10?,11-,13?/m0/s1. The lowest BCUT2D eigenvalue weighted by molar-refractivity contribution is -0.0722. The van der Waals surface area contributed by atoms with E-state index in [1.165, 1.54) is 0 Å². The zero-order valence-electron chi connectivity index (χ0n) is 11.3. The molecule has 3 atom stereocenters. The molecule has 2 N–H and O–H groups in total. The van der Waals surface area contributed by atoms with E-state index in [2.05, 4.69) is 18.8 Å². The van der Waals surface area contributed by atoms with E-state index in [1.54, 1.807) is 6.20 Å². The zero-order chi connectivity index (χ0) is 13.1. The summed E-state index contributed by atoms with van der Waals surface area (Å²) in [5.74, 6) is 0.811. The zero-order valence-corrected chi connectivity index (χ0v) is 11.3. The van der Waals surface area contributed by atoms with Gasteiger partial charge in [0.2, 0.25) is 0 Å². The minimum Gasteiger partial charge on any atom is -0.489 e. The average molecular weight is 250 g/mol. The molecule has 0 amide bonds. The highest BCUT2D eigenvalue weighted by atomic mass is 16.5. The van der Waals surface area contributed by atoms with E-state index in [-0.39, 0.29) is 24.4 Å². The Kier molecular flexibility index (Phi) is 4.19. The highest BCUT2D eigenvalue weighted by Crippen LogP contribution is 2.24. The first kappa shape index (κ1) is 13.3. The minimum absolute atomic E-state index is 0.0397. The number of hydrogen-bond donors (Lipinski definition) is 1. The molecule has 1 fully saturated rings. The predicted octanol–water partition coefficient (Wildman–Crippen LogP) is 2.44. The van der Waals surface area contributed by atoms with Crippen molar-refractivity contribution in [3.63, 3.8) is 0 Å². The third-order valence-electron chi connectivity index (χ3n) is 3.18. The summed E-state index contributed by atoms with van der Waals surface area (Å²) in [5.41, 5.74) is 6.65. The summed E-state index contributed by atoms with van der Waals surface area (Å²) in [6, 6.07) is 3.82. The molecule has 2 unspecified atom stereocenters. The molecule has 4 nitrogen and oxygen atoms in total. The van der Waals surface area contributed by atoms with E-state index >= 15 is 0 Å². The van der Waals surface area contributed by atoms with Crippen LogP contribution in [0.25, 0.3) is 0 Å². The van der Waals surface area contributed by atoms with Crippen LogP contribution in [-0.4, -0.2) is 23.3 Å². The van der Waals surface area contributed by atoms with Crippen LogP contribution < -0.4 is 10.5 Å². The molecule has 1 aromatic heterocycles. The maximum atomic E-state index is 5.95. The highest BCUT2D eigenvalue weighted by molar-refractivity contribution is 5.21. The van der Waals surface area contributed by atoms with Gasteiger partial charge in [-0.3, -0.25) is 4.98 Å². The van der Waals surface area contributed by atoms with E-state index in [0.29, 0.717) is 0 Å². The largest absolute Gasteiger partial charge is 0.489 e. The topological polar surface area (TPSA) is 57.4 Å². The molecule has 0 saturated carbocycles. The van der Waals surface area contributed by atoms with Crippen LogP contribution in [0.1, 0.15) is 45.3 Å². The van der Waals surface area contributed by atoms with Crippen LogP contribution in [-0.2, 0) is 4.74 Å². The number of rotatable bonds is 3. The molecule has 1 saturated heterocycles. The molecule has 1 aliphatic heterocycles. The van der Waals surface area contributed by atoms with Crippen molar-refractivity contribution in [3.05, 3.63) is 24.0 Å². The first-order valence-corrected chi connectivity index (χ1v) is 6.58. The van der Waals surface area contributed by atoms with Gasteiger partial charge in [-0.1, -0.05) is 0 Å².